The fraction of sp³-hybridized carbons (Fsp3) is 0.647. The van der Waals surface area contributed by atoms with Crippen molar-refractivity contribution in [3.63, 3.8) is 0 Å². The highest BCUT2D eigenvalue weighted by atomic mass is 16.5. The number of nitrogens with two attached hydrogens (primary N) is 1. The van der Waals surface area contributed by atoms with E-state index in [2.05, 4.69) is 43.5 Å². The molecule has 0 heterocycles. The number of ether oxygens (including phenoxy) is 1. The molecule has 112 valence electrons. The molecule has 0 bridgehead atoms. The van der Waals surface area contributed by atoms with Crippen molar-refractivity contribution in [3.8, 4) is 0 Å². The molecule has 1 aromatic rings. The molecular formula is C17H28N2O. The van der Waals surface area contributed by atoms with Gasteiger partial charge in [-0.15, -0.1) is 0 Å². The summed E-state index contributed by atoms with van der Waals surface area (Å²) in [7, 11) is 1.78. The van der Waals surface area contributed by atoms with Gasteiger partial charge in [-0.25, -0.2) is 0 Å². The van der Waals surface area contributed by atoms with E-state index in [0.717, 1.165) is 19.3 Å². The third-order valence-corrected chi connectivity index (χ3v) is 4.78. The molecule has 3 heteroatoms. The Morgan fingerprint density at radius 2 is 2.05 bits per heavy atom. The van der Waals surface area contributed by atoms with E-state index in [1.807, 2.05) is 0 Å². The van der Waals surface area contributed by atoms with Crippen LogP contribution in [0.1, 0.15) is 44.2 Å². The smallest absolute Gasteiger partial charge is 0.0623 e. The molecule has 0 amide bonds. The van der Waals surface area contributed by atoms with E-state index in [1.165, 1.54) is 24.0 Å². The zero-order valence-electron chi connectivity index (χ0n) is 13.0. The first kappa shape index (κ1) is 15.5. The summed E-state index contributed by atoms with van der Waals surface area (Å²) in [5, 5.41) is 0. The van der Waals surface area contributed by atoms with Gasteiger partial charge in [-0.05, 0) is 63.0 Å². The standard InChI is InChI=1S/C17H28N2O/c1-17(2,20-3)11-10-16(19-18)15-9-8-13-6-4-5-7-14(13)12-15/h4-7,15-16,19H,8-12,18H2,1-3H3. The largest absolute Gasteiger partial charge is 0.379 e. The molecule has 2 rings (SSSR count). The molecule has 3 N–H and O–H groups in total. The predicted octanol–water partition coefficient (Wildman–Crippen LogP) is 2.83. The van der Waals surface area contributed by atoms with Crippen molar-refractivity contribution < 1.29 is 4.74 Å². The summed E-state index contributed by atoms with van der Waals surface area (Å²) in [6.07, 6.45) is 5.62. The first-order valence-corrected chi connectivity index (χ1v) is 7.64. The van der Waals surface area contributed by atoms with E-state index in [4.69, 9.17) is 10.6 Å². The summed E-state index contributed by atoms with van der Waals surface area (Å²) in [5.41, 5.74) is 5.98. The molecular weight excluding hydrogens is 248 g/mol. The van der Waals surface area contributed by atoms with Crippen molar-refractivity contribution in [3.05, 3.63) is 35.4 Å². The van der Waals surface area contributed by atoms with Gasteiger partial charge in [-0.2, -0.15) is 0 Å². The Morgan fingerprint density at radius 3 is 2.70 bits per heavy atom. The molecule has 3 nitrogen and oxygen atoms in total. The van der Waals surface area contributed by atoms with Gasteiger partial charge in [0.2, 0.25) is 0 Å². The number of fused-ring (bicyclic) bond motifs is 1. The maximum absolute atomic E-state index is 5.80. The fourth-order valence-corrected chi connectivity index (χ4v) is 3.13. The predicted molar refractivity (Wildman–Crippen MR) is 83.4 cm³/mol. The zero-order chi connectivity index (χ0) is 14.6. The fourth-order valence-electron chi connectivity index (χ4n) is 3.13. The number of methoxy groups -OCH3 is 1. The van der Waals surface area contributed by atoms with Gasteiger partial charge in [0.25, 0.3) is 0 Å². The average Bonchev–Trinajstić information content (AvgIpc) is 2.47. The van der Waals surface area contributed by atoms with E-state index in [0.29, 0.717) is 12.0 Å². The Bertz CT molecular complexity index is 431. The maximum atomic E-state index is 5.80. The van der Waals surface area contributed by atoms with Crippen molar-refractivity contribution in [2.45, 2.75) is 57.6 Å². The molecule has 1 aliphatic rings. The molecule has 0 saturated heterocycles. The number of nitrogens with one attached hydrogen (secondary N) is 1. The number of hydrogen-bond acceptors (Lipinski definition) is 3. The quantitative estimate of drug-likeness (QED) is 0.620. The highest BCUT2D eigenvalue weighted by molar-refractivity contribution is 5.30. The van der Waals surface area contributed by atoms with Gasteiger partial charge >= 0.3 is 0 Å². The van der Waals surface area contributed by atoms with Gasteiger partial charge in [-0.1, -0.05) is 24.3 Å². The van der Waals surface area contributed by atoms with Crippen LogP contribution >= 0.6 is 0 Å². The van der Waals surface area contributed by atoms with Crippen LogP contribution in [0.15, 0.2) is 24.3 Å². The lowest BCUT2D eigenvalue weighted by Gasteiger charge is -2.33. The highest BCUT2D eigenvalue weighted by Crippen LogP contribution is 2.30. The van der Waals surface area contributed by atoms with E-state index in [9.17, 15) is 0 Å². The van der Waals surface area contributed by atoms with Crippen LogP contribution < -0.4 is 11.3 Å². The number of aryl methyl sites for hydroxylation is 1. The monoisotopic (exact) mass is 276 g/mol. The van der Waals surface area contributed by atoms with Crippen LogP contribution in [0.3, 0.4) is 0 Å². The maximum Gasteiger partial charge on any atom is 0.0623 e. The number of hydrogen-bond donors (Lipinski definition) is 2. The summed E-state index contributed by atoms with van der Waals surface area (Å²) in [6.45, 7) is 4.27. The SMILES string of the molecule is COC(C)(C)CCC(NN)C1CCc2ccccc2C1. The lowest BCUT2D eigenvalue weighted by molar-refractivity contribution is 0.00993. The first-order chi connectivity index (χ1) is 9.55. The van der Waals surface area contributed by atoms with Gasteiger partial charge in [0.15, 0.2) is 0 Å². The number of hydrazine groups is 1. The van der Waals surface area contributed by atoms with Crippen molar-refractivity contribution >= 4 is 0 Å². The summed E-state index contributed by atoms with van der Waals surface area (Å²) in [5.74, 6) is 6.43. The molecule has 0 fully saturated rings. The average molecular weight is 276 g/mol. The molecule has 0 spiro atoms. The van der Waals surface area contributed by atoms with Crippen LogP contribution in [-0.4, -0.2) is 18.8 Å². The Kier molecular flexibility index (Phi) is 5.19. The zero-order valence-corrected chi connectivity index (χ0v) is 13.0. The number of rotatable bonds is 6. The summed E-state index contributed by atoms with van der Waals surface area (Å²) < 4.78 is 5.51. The van der Waals surface area contributed by atoms with E-state index in [-0.39, 0.29) is 5.60 Å². The van der Waals surface area contributed by atoms with E-state index < -0.39 is 0 Å². The van der Waals surface area contributed by atoms with Gasteiger partial charge in [-0.3, -0.25) is 11.3 Å². The summed E-state index contributed by atoms with van der Waals surface area (Å²) in [6, 6.07) is 9.16. The lowest BCUT2D eigenvalue weighted by atomic mass is 9.78. The molecule has 1 aliphatic carbocycles. The molecule has 0 aromatic heterocycles. The van der Waals surface area contributed by atoms with E-state index >= 15 is 0 Å². The topological polar surface area (TPSA) is 47.3 Å². The second kappa shape index (κ2) is 6.70. The third-order valence-electron chi connectivity index (χ3n) is 4.78. The molecule has 0 radical (unpaired) electrons. The first-order valence-electron chi connectivity index (χ1n) is 7.64. The minimum atomic E-state index is -0.0678. The van der Waals surface area contributed by atoms with Crippen LogP contribution in [0, 0.1) is 5.92 Å². The van der Waals surface area contributed by atoms with Crippen LogP contribution in [0.4, 0.5) is 0 Å². The van der Waals surface area contributed by atoms with Gasteiger partial charge in [0, 0.05) is 13.2 Å². The normalized spacial score (nSPS) is 20.5. The third kappa shape index (κ3) is 3.81. The minimum absolute atomic E-state index is 0.0678. The van der Waals surface area contributed by atoms with Crippen molar-refractivity contribution in [1.82, 2.24) is 5.43 Å². The highest BCUT2D eigenvalue weighted by Gasteiger charge is 2.27. The summed E-state index contributed by atoms with van der Waals surface area (Å²) >= 11 is 0. The summed E-state index contributed by atoms with van der Waals surface area (Å²) in [4.78, 5) is 0. The Hall–Kier alpha value is -0.900. The van der Waals surface area contributed by atoms with Crippen molar-refractivity contribution in [1.29, 1.82) is 0 Å². The molecule has 2 atom stereocenters. The van der Waals surface area contributed by atoms with Crippen LogP contribution in [0.5, 0.6) is 0 Å². The van der Waals surface area contributed by atoms with Gasteiger partial charge in [0.05, 0.1) is 5.60 Å². The Balaban J connectivity index is 1.96. The van der Waals surface area contributed by atoms with Crippen molar-refractivity contribution in [2.75, 3.05) is 7.11 Å². The Labute approximate surface area is 122 Å². The van der Waals surface area contributed by atoms with E-state index in [1.54, 1.807) is 7.11 Å². The number of benzene rings is 1. The van der Waals surface area contributed by atoms with Gasteiger partial charge < -0.3 is 4.74 Å². The van der Waals surface area contributed by atoms with Crippen LogP contribution in [0.2, 0.25) is 0 Å². The molecule has 2 unspecified atom stereocenters. The molecule has 0 aliphatic heterocycles. The van der Waals surface area contributed by atoms with Crippen LogP contribution in [-0.2, 0) is 17.6 Å². The van der Waals surface area contributed by atoms with Gasteiger partial charge in [0.1, 0.15) is 0 Å². The molecule has 20 heavy (non-hydrogen) atoms. The minimum Gasteiger partial charge on any atom is -0.379 e. The lowest BCUT2D eigenvalue weighted by Crippen LogP contribution is -2.44. The molecule has 0 saturated carbocycles. The molecule has 1 aromatic carbocycles. The second-order valence-corrected chi connectivity index (χ2v) is 6.55. The van der Waals surface area contributed by atoms with Crippen molar-refractivity contribution in [2.24, 2.45) is 11.8 Å². The van der Waals surface area contributed by atoms with Crippen LogP contribution in [0.25, 0.3) is 0 Å². The second-order valence-electron chi connectivity index (χ2n) is 6.55. The Morgan fingerprint density at radius 1 is 1.35 bits per heavy atom.